The Morgan fingerprint density at radius 2 is 1.73 bits per heavy atom. The van der Waals surface area contributed by atoms with Crippen molar-refractivity contribution >= 4 is 40.3 Å². The molecular weight excluding hydrogens is 447 g/mol. The molecule has 2 bridgehead atoms. The van der Waals surface area contributed by atoms with Gasteiger partial charge in [0.2, 0.25) is 0 Å². The summed E-state index contributed by atoms with van der Waals surface area (Å²) in [7, 11) is 0. The molecule has 0 N–H and O–H groups in total. The molecule has 2 aromatic carbocycles. The maximum absolute atomic E-state index is 7.35. The van der Waals surface area contributed by atoms with Crippen molar-refractivity contribution in [3.05, 3.63) is 81.1 Å². The molecule has 2 nitrogen and oxygen atoms in total. The van der Waals surface area contributed by atoms with E-state index in [0.29, 0.717) is 17.3 Å². The molecule has 0 saturated heterocycles. The largest absolute Gasteiger partial charge is 0.306 e. The number of nitrogens with zero attached hydrogens (tertiary/aromatic N) is 2. The summed E-state index contributed by atoms with van der Waals surface area (Å²) in [5.74, 6) is 3.06. The van der Waals surface area contributed by atoms with Gasteiger partial charge in [-0.25, -0.2) is 0 Å². The van der Waals surface area contributed by atoms with Crippen LogP contribution in [0.15, 0.2) is 48.7 Å². The Labute approximate surface area is 204 Å². The van der Waals surface area contributed by atoms with Gasteiger partial charge >= 0.3 is 0 Å². The summed E-state index contributed by atoms with van der Waals surface area (Å²) in [4.78, 5) is 7.40. The van der Waals surface area contributed by atoms with Crippen LogP contribution in [0.1, 0.15) is 66.3 Å². The van der Waals surface area contributed by atoms with E-state index < -0.39 is 0 Å². The number of benzene rings is 2. The molecular formula is C29H26Cl2N2. The molecule has 1 aromatic heterocycles. The molecule has 4 heteroatoms. The maximum Gasteiger partial charge on any atom is 0.0836 e. The summed E-state index contributed by atoms with van der Waals surface area (Å²) >= 11 is 14.4. The van der Waals surface area contributed by atoms with Gasteiger partial charge < -0.3 is 4.90 Å². The molecule has 5 aliphatic rings. The first-order valence-corrected chi connectivity index (χ1v) is 13.3. The zero-order chi connectivity index (χ0) is 21.9. The van der Waals surface area contributed by atoms with Gasteiger partial charge in [-0.2, -0.15) is 0 Å². The lowest BCUT2D eigenvalue weighted by Crippen LogP contribution is -2.59. The Balaban J connectivity index is 1.32. The van der Waals surface area contributed by atoms with Crippen LogP contribution in [-0.2, 0) is 12.8 Å². The number of aromatic nitrogens is 1. The van der Waals surface area contributed by atoms with E-state index >= 15 is 0 Å². The van der Waals surface area contributed by atoms with Crippen LogP contribution in [0.2, 0.25) is 10.0 Å². The highest BCUT2D eigenvalue weighted by molar-refractivity contribution is 6.36. The second-order valence-corrected chi connectivity index (χ2v) is 11.7. The van der Waals surface area contributed by atoms with Gasteiger partial charge in [-0.05, 0) is 103 Å². The van der Waals surface area contributed by atoms with E-state index in [-0.39, 0.29) is 0 Å². The van der Waals surface area contributed by atoms with Crippen LogP contribution in [0.5, 0.6) is 0 Å². The fourth-order valence-electron chi connectivity index (χ4n) is 8.51. The molecule has 3 saturated carbocycles. The number of aryl methyl sites for hydroxylation is 1. The van der Waals surface area contributed by atoms with E-state index in [1.165, 1.54) is 54.5 Å². The molecule has 3 fully saturated rings. The number of anilines is 3. The summed E-state index contributed by atoms with van der Waals surface area (Å²) in [6, 6.07) is 14.9. The lowest BCUT2D eigenvalue weighted by molar-refractivity contribution is -0.147. The van der Waals surface area contributed by atoms with Crippen LogP contribution in [0, 0.1) is 17.3 Å². The van der Waals surface area contributed by atoms with Crippen molar-refractivity contribution in [3.8, 4) is 0 Å². The fourth-order valence-corrected chi connectivity index (χ4v) is 9.26. The molecule has 5 atom stereocenters. The van der Waals surface area contributed by atoms with Crippen LogP contribution in [-0.4, -0.2) is 4.98 Å². The first kappa shape index (κ1) is 19.3. The van der Waals surface area contributed by atoms with Gasteiger partial charge in [0.1, 0.15) is 0 Å². The predicted octanol–water partition coefficient (Wildman–Crippen LogP) is 8.35. The topological polar surface area (TPSA) is 16.1 Å². The minimum absolute atomic E-state index is 0.569. The van der Waals surface area contributed by atoms with E-state index in [1.54, 1.807) is 0 Å². The number of rotatable bonds is 3. The van der Waals surface area contributed by atoms with Gasteiger partial charge in [-0.3, -0.25) is 4.98 Å². The van der Waals surface area contributed by atoms with Crippen molar-refractivity contribution < 1.29 is 0 Å². The summed E-state index contributed by atoms with van der Waals surface area (Å²) in [5.41, 5.74) is 8.97. The summed E-state index contributed by atoms with van der Waals surface area (Å²) in [6.45, 7) is 0. The summed E-state index contributed by atoms with van der Waals surface area (Å²) in [5, 5.41) is 1.76. The molecule has 1 spiro atoms. The lowest BCUT2D eigenvalue weighted by atomic mass is 9.37. The van der Waals surface area contributed by atoms with Gasteiger partial charge in [0.15, 0.2) is 0 Å². The minimum atomic E-state index is 0.569. The Bertz CT molecular complexity index is 1320. The zero-order valence-electron chi connectivity index (χ0n) is 18.5. The quantitative estimate of drug-likeness (QED) is 0.380. The number of hydrogen-bond donors (Lipinski definition) is 0. The summed E-state index contributed by atoms with van der Waals surface area (Å²) in [6.07, 6.45) is 10.8. The van der Waals surface area contributed by atoms with E-state index in [2.05, 4.69) is 47.4 Å². The molecule has 1 heterocycles. The normalized spacial score (nSPS) is 31.8. The van der Waals surface area contributed by atoms with Gasteiger partial charge in [0.05, 0.1) is 27.6 Å². The van der Waals surface area contributed by atoms with Crippen molar-refractivity contribution in [1.29, 1.82) is 0 Å². The Morgan fingerprint density at radius 3 is 2.58 bits per heavy atom. The number of fused-ring (bicyclic) bond motifs is 5. The van der Waals surface area contributed by atoms with Gasteiger partial charge in [0.25, 0.3) is 0 Å². The predicted molar refractivity (Wildman–Crippen MR) is 134 cm³/mol. The van der Waals surface area contributed by atoms with Crippen LogP contribution in [0.4, 0.5) is 17.1 Å². The molecule has 166 valence electrons. The van der Waals surface area contributed by atoms with Crippen molar-refractivity contribution in [2.45, 2.75) is 56.8 Å². The first-order chi connectivity index (χ1) is 16.2. The van der Waals surface area contributed by atoms with Crippen molar-refractivity contribution in [2.75, 3.05) is 4.90 Å². The Hall–Kier alpha value is -2.03. The highest BCUT2D eigenvalue weighted by atomic mass is 35.5. The number of para-hydroxylation sites is 1. The van der Waals surface area contributed by atoms with Crippen LogP contribution >= 0.6 is 23.2 Å². The molecule has 0 radical (unpaired) electrons. The lowest BCUT2D eigenvalue weighted by Gasteiger charge is -2.67. The zero-order valence-corrected chi connectivity index (χ0v) is 20.0. The number of pyridine rings is 1. The first-order valence-electron chi connectivity index (χ1n) is 12.5. The molecule has 0 aliphatic heterocycles. The van der Waals surface area contributed by atoms with Crippen molar-refractivity contribution in [1.82, 2.24) is 4.98 Å². The summed E-state index contributed by atoms with van der Waals surface area (Å²) < 4.78 is 0. The second kappa shape index (κ2) is 6.55. The monoisotopic (exact) mass is 472 g/mol. The molecule has 5 aliphatic carbocycles. The average Bonchev–Trinajstić information content (AvgIpc) is 3.45. The van der Waals surface area contributed by atoms with Crippen LogP contribution < -0.4 is 4.90 Å². The average molecular weight is 473 g/mol. The fraction of sp³-hybridized carbons (Fsp3) is 0.414. The smallest absolute Gasteiger partial charge is 0.0836 e. The third-order valence-corrected chi connectivity index (χ3v) is 10.7. The van der Waals surface area contributed by atoms with Crippen molar-refractivity contribution in [3.63, 3.8) is 0 Å². The molecule has 33 heavy (non-hydrogen) atoms. The van der Waals surface area contributed by atoms with E-state index in [0.717, 1.165) is 51.8 Å². The standard InChI is InChI=1S/C29H26Cl2N2/c30-26-21-8-4-5-16(21)9-10-23(26)33(20-6-2-1-3-7-20)24-15-32-28-22-13-19-12-18-11-17(14-29(18,19)22)25(28)27(24)31/h1-3,6-7,9-10,15,17-19,22H,4-5,8,11-14H2. The molecule has 3 aromatic rings. The van der Waals surface area contributed by atoms with Crippen LogP contribution in [0.25, 0.3) is 0 Å². The second-order valence-electron chi connectivity index (χ2n) is 11.0. The van der Waals surface area contributed by atoms with Gasteiger partial charge in [-0.1, -0.05) is 47.5 Å². The Kier molecular flexibility index (Phi) is 3.83. The third kappa shape index (κ3) is 2.30. The number of halogens is 2. The number of hydrogen-bond acceptors (Lipinski definition) is 2. The van der Waals surface area contributed by atoms with Gasteiger partial charge in [0, 0.05) is 17.3 Å². The van der Waals surface area contributed by atoms with E-state index in [1.807, 2.05) is 6.20 Å². The van der Waals surface area contributed by atoms with E-state index in [9.17, 15) is 0 Å². The molecule has 8 rings (SSSR count). The molecule has 0 amide bonds. The van der Waals surface area contributed by atoms with E-state index in [4.69, 9.17) is 28.2 Å². The highest BCUT2D eigenvalue weighted by Gasteiger charge is 2.72. The van der Waals surface area contributed by atoms with Crippen LogP contribution in [0.3, 0.4) is 0 Å². The van der Waals surface area contributed by atoms with Gasteiger partial charge in [-0.15, -0.1) is 0 Å². The molecule has 5 unspecified atom stereocenters. The maximum atomic E-state index is 7.35. The van der Waals surface area contributed by atoms with Crippen molar-refractivity contribution in [2.24, 2.45) is 17.3 Å². The third-order valence-electron chi connectivity index (χ3n) is 9.92. The minimum Gasteiger partial charge on any atom is -0.306 e. The Morgan fingerprint density at radius 1 is 0.879 bits per heavy atom. The highest BCUT2D eigenvalue weighted by Crippen LogP contribution is 2.82. The SMILES string of the molecule is Clc1c(N(c2ccccc2)c2cnc3c(c2Cl)C2CC4CC5CC3C45C2)ccc2c1CCC2.